The maximum Gasteiger partial charge on any atom is 0.0916 e. The van der Waals surface area contributed by atoms with Crippen LogP contribution in [0.25, 0.3) is 0 Å². The molecule has 4 heteroatoms. The molecule has 1 saturated heterocycles. The third kappa shape index (κ3) is 3.13. The van der Waals surface area contributed by atoms with Crippen LogP contribution in [0.3, 0.4) is 0 Å². The van der Waals surface area contributed by atoms with Crippen LogP contribution in [0, 0.1) is 5.92 Å². The van der Waals surface area contributed by atoms with Crippen molar-refractivity contribution in [1.82, 2.24) is 0 Å². The lowest BCUT2D eigenvalue weighted by molar-refractivity contribution is 0.536. The Morgan fingerprint density at radius 3 is 3.00 bits per heavy atom. The maximum atomic E-state index is 10.8. The summed E-state index contributed by atoms with van der Waals surface area (Å²) in [7, 11) is -1.12. The van der Waals surface area contributed by atoms with E-state index in [1.807, 2.05) is 18.7 Å². The van der Waals surface area contributed by atoms with Crippen LogP contribution in [0.1, 0.15) is 19.8 Å². The zero-order valence-electron chi connectivity index (χ0n) is 6.79. The summed E-state index contributed by atoms with van der Waals surface area (Å²) in [5.74, 6) is 3.28. The Morgan fingerprint density at radius 1 is 1.82 bits per heavy atom. The SMILES string of the molecule is CC(C[C@@H]1CCSC1)S(N)=O. The average Bonchev–Trinajstić information content (AvgIpc) is 2.39. The molecule has 0 amide bonds. The Balaban J connectivity index is 2.23. The van der Waals surface area contributed by atoms with E-state index in [1.165, 1.54) is 17.9 Å². The highest BCUT2D eigenvalue weighted by Crippen LogP contribution is 2.27. The molecule has 66 valence electrons. The second-order valence-electron chi connectivity index (χ2n) is 3.10. The van der Waals surface area contributed by atoms with Crippen molar-refractivity contribution in [3.05, 3.63) is 0 Å². The van der Waals surface area contributed by atoms with Crippen molar-refractivity contribution in [2.45, 2.75) is 25.0 Å². The highest BCUT2D eigenvalue weighted by molar-refractivity contribution is 7.99. The molecule has 0 aromatic heterocycles. The van der Waals surface area contributed by atoms with Crippen molar-refractivity contribution in [1.29, 1.82) is 0 Å². The van der Waals surface area contributed by atoms with E-state index < -0.39 is 11.0 Å². The van der Waals surface area contributed by atoms with E-state index >= 15 is 0 Å². The summed E-state index contributed by atoms with van der Waals surface area (Å²) in [6.07, 6.45) is 2.32. The number of thioether (sulfide) groups is 1. The van der Waals surface area contributed by atoms with Gasteiger partial charge in [-0.25, -0.2) is 4.21 Å². The van der Waals surface area contributed by atoms with E-state index in [-0.39, 0.29) is 5.25 Å². The molecule has 1 aliphatic heterocycles. The Hall–Kier alpha value is 0.460. The molecule has 0 aromatic carbocycles. The summed E-state index contributed by atoms with van der Waals surface area (Å²) in [5.41, 5.74) is 0. The standard InChI is InChI=1S/C7H15NOS2/c1-6(11(8)9)4-7-2-3-10-5-7/h6-7H,2-5,8H2,1H3/t6?,7-,11?/m0/s1. The molecule has 0 saturated carbocycles. The molecule has 2 nitrogen and oxygen atoms in total. The minimum Gasteiger partial charge on any atom is -0.252 e. The van der Waals surface area contributed by atoms with Gasteiger partial charge in [0.05, 0.1) is 11.0 Å². The molecule has 0 bridgehead atoms. The molecular weight excluding hydrogens is 178 g/mol. The lowest BCUT2D eigenvalue weighted by Gasteiger charge is -2.12. The van der Waals surface area contributed by atoms with Crippen LogP contribution in [0.15, 0.2) is 0 Å². The van der Waals surface area contributed by atoms with Gasteiger partial charge in [-0.15, -0.1) is 0 Å². The first-order valence-corrected chi connectivity index (χ1v) is 6.36. The van der Waals surface area contributed by atoms with Crippen molar-refractivity contribution in [3.63, 3.8) is 0 Å². The van der Waals surface area contributed by atoms with Crippen LogP contribution < -0.4 is 5.14 Å². The molecule has 0 radical (unpaired) electrons. The van der Waals surface area contributed by atoms with Gasteiger partial charge in [-0.1, -0.05) is 0 Å². The molecule has 1 heterocycles. The van der Waals surface area contributed by atoms with E-state index in [0.29, 0.717) is 0 Å². The molecule has 2 unspecified atom stereocenters. The van der Waals surface area contributed by atoms with Crippen molar-refractivity contribution in [3.8, 4) is 0 Å². The summed E-state index contributed by atoms with van der Waals surface area (Å²) >= 11 is 2.00. The average molecular weight is 193 g/mol. The van der Waals surface area contributed by atoms with Crippen molar-refractivity contribution in [2.75, 3.05) is 11.5 Å². The van der Waals surface area contributed by atoms with E-state index in [4.69, 9.17) is 5.14 Å². The smallest absolute Gasteiger partial charge is 0.0916 e. The first-order chi connectivity index (χ1) is 5.20. The van der Waals surface area contributed by atoms with Gasteiger partial charge in [0.2, 0.25) is 0 Å². The van der Waals surface area contributed by atoms with Gasteiger partial charge in [0.15, 0.2) is 0 Å². The largest absolute Gasteiger partial charge is 0.252 e. The topological polar surface area (TPSA) is 43.1 Å². The van der Waals surface area contributed by atoms with E-state index in [9.17, 15) is 4.21 Å². The van der Waals surface area contributed by atoms with Gasteiger partial charge < -0.3 is 0 Å². The lowest BCUT2D eigenvalue weighted by Crippen LogP contribution is -2.21. The zero-order valence-corrected chi connectivity index (χ0v) is 8.42. The van der Waals surface area contributed by atoms with Gasteiger partial charge in [0.1, 0.15) is 0 Å². The highest BCUT2D eigenvalue weighted by Gasteiger charge is 2.19. The van der Waals surface area contributed by atoms with Gasteiger partial charge >= 0.3 is 0 Å². The van der Waals surface area contributed by atoms with Crippen LogP contribution in [0.4, 0.5) is 0 Å². The zero-order chi connectivity index (χ0) is 8.27. The van der Waals surface area contributed by atoms with Crippen molar-refractivity contribution in [2.24, 2.45) is 11.1 Å². The number of nitrogens with two attached hydrogens (primary N) is 1. The van der Waals surface area contributed by atoms with Gasteiger partial charge in [-0.05, 0) is 37.2 Å². The fourth-order valence-electron chi connectivity index (χ4n) is 1.33. The number of hydrogen-bond donors (Lipinski definition) is 1. The number of hydrogen-bond acceptors (Lipinski definition) is 2. The Bertz CT molecular complexity index is 145. The lowest BCUT2D eigenvalue weighted by atomic mass is 10.0. The summed E-state index contributed by atoms with van der Waals surface area (Å²) < 4.78 is 10.8. The molecule has 1 rings (SSSR count). The van der Waals surface area contributed by atoms with Crippen molar-refractivity contribution < 1.29 is 4.21 Å². The fourth-order valence-corrected chi connectivity index (χ4v) is 3.10. The molecule has 11 heavy (non-hydrogen) atoms. The molecule has 3 atom stereocenters. The van der Waals surface area contributed by atoms with E-state index in [1.54, 1.807) is 0 Å². The number of rotatable bonds is 3. The molecule has 1 fully saturated rings. The van der Waals surface area contributed by atoms with Gasteiger partial charge in [-0.3, -0.25) is 5.14 Å². The molecule has 0 aromatic rings. The fraction of sp³-hybridized carbons (Fsp3) is 1.00. The van der Waals surface area contributed by atoms with E-state index in [0.717, 1.165) is 12.3 Å². The summed E-state index contributed by atoms with van der Waals surface area (Å²) in [6.45, 7) is 1.97. The Kier molecular flexibility index (Phi) is 3.89. The third-order valence-electron chi connectivity index (χ3n) is 2.09. The van der Waals surface area contributed by atoms with Crippen LogP contribution in [-0.4, -0.2) is 21.0 Å². The monoisotopic (exact) mass is 193 g/mol. The molecular formula is C7H15NOS2. The van der Waals surface area contributed by atoms with Gasteiger partial charge in [-0.2, -0.15) is 11.8 Å². The second kappa shape index (κ2) is 4.48. The van der Waals surface area contributed by atoms with Crippen LogP contribution in [0.5, 0.6) is 0 Å². The first kappa shape index (κ1) is 9.55. The predicted molar refractivity (Wildman–Crippen MR) is 51.8 cm³/mol. The highest BCUT2D eigenvalue weighted by atomic mass is 32.2. The van der Waals surface area contributed by atoms with Crippen molar-refractivity contribution >= 4 is 22.7 Å². The van der Waals surface area contributed by atoms with Gasteiger partial charge in [0.25, 0.3) is 0 Å². The third-order valence-corrected chi connectivity index (χ3v) is 4.30. The normalized spacial score (nSPS) is 30.2. The van der Waals surface area contributed by atoms with Crippen LogP contribution in [-0.2, 0) is 11.0 Å². The summed E-state index contributed by atoms with van der Waals surface area (Å²) in [4.78, 5) is 0. The van der Waals surface area contributed by atoms with Crippen LogP contribution in [0.2, 0.25) is 0 Å². The summed E-state index contributed by atoms with van der Waals surface area (Å²) in [5, 5.41) is 5.46. The second-order valence-corrected chi connectivity index (χ2v) is 5.72. The minimum absolute atomic E-state index is 0.179. The molecule has 0 spiro atoms. The Labute approximate surface area is 74.9 Å². The van der Waals surface area contributed by atoms with Gasteiger partial charge in [0, 0.05) is 5.25 Å². The van der Waals surface area contributed by atoms with E-state index in [2.05, 4.69) is 0 Å². The quantitative estimate of drug-likeness (QED) is 0.730. The molecule has 2 N–H and O–H groups in total. The predicted octanol–water partition coefficient (Wildman–Crippen LogP) is 1.14. The molecule has 0 aliphatic carbocycles. The minimum atomic E-state index is -1.12. The Morgan fingerprint density at radius 2 is 2.55 bits per heavy atom. The molecule has 1 aliphatic rings. The van der Waals surface area contributed by atoms with Crippen LogP contribution >= 0.6 is 11.8 Å². The maximum absolute atomic E-state index is 10.8. The first-order valence-electron chi connectivity index (χ1n) is 3.93. The summed E-state index contributed by atoms with van der Waals surface area (Å²) in [6, 6.07) is 0.